The van der Waals surface area contributed by atoms with E-state index in [2.05, 4.69) is 0 Å². The summed E-state index contributed by atoms with van der Waals surface area (Å²) in [6.07, 6.45) is 6.27. The van der Waals surface area contributed by atoms with Gasteiger partial charge in [0.1, 0.15) is 6.29 Å². The molecule has 1 unspecified atom stereocenters. The summed E-state index contributed by atoms with van der Waals surface area (Å²) in [6.45, 7) is 3.76. The summed E-state index contributed by atoms with van der Waals surface area (Å²) in [6, 6.07) is 0. The molecule has 1 atom stereocenters. The number of hydrogen-bond donors (Lipinski definition) is 1. The Morgan fingerprint density at radius 1 is 1.55 bits per heavy atom. The van der Waals surface area contributed by atoms with Gasteiger partial charge in [-0.05, 0) is 13.3 Å². The Morgan fingerprint density at radius 2 is 2.18 bits per heavy atom. The van der Waals surface area contributed by atoms with E-state index in [9.17, 15) is 9.90 Å². The third-order valence-electron chi connectivity index (χ3n) is 1.47. The summed E-state index contributed by atoms with van der Waals surface area (Å²) in [5.74, 6) is 0. The lowest BCUT2D eigenvalue weighted by molar-refractivity contribution is -0.107. The van der Waals surface area contributed by atoms with E-state index in [0.717, 1.165) is 19.1 Å². The van der Waals surface area contributed by atoms with Crippen LogP contribution in [0.4, 0.5) is 0 Å². The maximum absolute atomic E-state index is 9.92. The second-order valence-electron chi connectivity index (χ2n) is 2.91. The number of carbonyl (C=O) groups is 1. The van der Waals surface area contributed by atoms with Crippen molar-refractivity contribution in [2.24, 2.45) is 0 Å². The highest BCUT2D eigenvalue weighted by Gasteiger charge is 2.13. The van der Waals surface area contributed by atoms with Gasteiger partial charge >= 0.3 is 0 Å². The Kier molecular flexibility index (Phi) is 4.79. The van der Waals surface area contributed by atoms with Crippen LogP contribution in [-0.4, -0.2) is 17.0 Å². The minimum absolute atomic E-state index is 0.389. The van der Waals surface area contributed by atoms with E-state index in [1.165, 1.54) is 0 Å². The molecule has 0 aliphatic heterocycles. The smallest absolute Gasteiger partial charge is 0.123 e. The van der Waals surface area contributed by atoms with Crippen molar-refractivity contribution in [2.45, 2.75) is 38.7 Å². The lowest BCUT2D eigenvalue weighted by Crippen LogP contribution is -2.19. The minimum atomic E-state index is -0.738. The van der Waals surface area contributed by atoms with Gasteiger partial charge in [0.15, 0.2) is 0 Å². The summed E-state index contributed by atoms with van der Waals surface area (Å²) in [5, 5.41) is 9.54. The Balaban J connectivity index is 3.78. The largest absolute Gasteiger partial charge is 0.386 e. The van der Waals surface area contributed by atoms with Crippen molar-refractivity contribution in [2.75, 3.05) is 0 Å². The minimum Gasteiger partial charge on any atom is -0.386 e. The van der Waals surface area contributed by atoms with Crippen LogP contribution in [0.5, 0.6) is 0 Å². The number of rotatable bonds is 5. The lowest BCUT2D eigenvalue weighted by atomic mass is 10.00. The molecule has 0 saturated carbocycles. The maximum Gasteiger partial charge on any atom is 0.123 e. The molecule has 0 rings (SSSR count). The average molecular weight is 156 g/mol. The second kappa shape index (κ2) is 5.08. The van der Waals surface area contributed by atoms with Crippen molar-refractivity contribution in [3.63, 3.8) is 0 Å². The van der Waals surface area contributed by atoms with Gasteiger partial charge in [-0.2, -0.15) is 0 Å². The molecule has 0 aromatic heterocycles. The standard InChI is InChI=1S/C9H16O2/c1-3-6-9(2,11)7-4-5-8-10/h4,7-8,11H,3,5-6H2,1-2H3. The first-order valence-corrected chi connectivity index (χ1v) is 3.96. The number of hydrogen-bond acceptors (Lipinski definition) is 2. The molecular formula is C9H16O2. The van der Waals surface area contributed by atoms with E-state index in [1.54, 1.807) is 19.1 Å². The molecule has 0 aliphatic rings. The molecule has 0 amide bonds. The zero-order valence-electron chi connectivity index (χ0n) is 7.21. The first-order valence-electron chi connectivity index (χ1n) is 3.96. The van der Waals surface area contributed by atoms with E-state index in [1.807, 2.05) is 6.92 Å². The zero-order valence-corrected chi connectivity index (χ0v) is 7.21. The Labute approximate surface area is 67.9 Å². The predicted octanol–water partition coefficient (Wildman–Crippen LogP) is 1.68. The van der Waals surface area contributed by atoms with Gasteiger partial charge in [0.2, 0.25) is 0 Å². The van der Waals surface area contributed by atoms with Gasteiger partial charge in [-0.25, -0.2) is 0 Å². The summed E-state index contributed by atoms with van der Waals surface area (Å²) < 4.78 is 0. The van der Waals surface area contributed by atoms with E-state index < -0.39 is 5.60 Å². The first kappa shape index (κ1) is 10.4. The van der Waals surface area contributed by atoms with Gasteiger partial charge in [-0.3, -0.25) is 0 Å². The van der Waals surface area contributed by atoms with Crippen LogP contribution in [0.3, 0.4) is 0 Å². The molecule has 0 radical (unpaired) electrons. The molecule has 0 aliphatic carbocycles. The van der Waals surface area contributed by atoms with Gasteiger partial charge in [-0.15, -0.1) is 0 Å². The SMILES string of the molecule is CCCC(C)(O)C=CCC=O. The molecule has 0 saturated heterocycles. The Hall–Kier alpha value is -0.630. The van der Waals surface area contributed by atoms with Crippen molar-refractivity contribution in [3.8, 4) is 0 Å². The molecule has 64 valence electrons. The molecule has 0 aromatic carbocycles. The van der Waals surface area contributed by atoms with Crippen LogP contribution in [0.25, 0.3) is 0 Å². The van der Waals surface area contributed by atoms with Crippen molar-refractivity contribution < 1.29 is 9.90 Å². The van der Waals surface area contributed by atoms with Gasteiger partial charge < -0.3 is 9.90 Å². The second-order valence-corrected chi connectivity index (χ2v) is 2.91. The van der Waals surface area contributed by atoms with E-state index in [0.29, 0.717) is 6.42 Å². The van der Waals surface area contributed by atoms with Crippen LogP contribution in [0.2, 0.25) is 0 Å². The van der Waals surface area contributed by atoms with E-state index in [4.69, 9.17) is 0 Å². The highest BCUT2D eigenvalue weighted by molar-refractivity contribution is 5.51. The highest BCUT2D eigenvalue weighted by Crippen LogP contribution is 2.12. The molecule has 0 heterocycles. The summed E-state index contributed by atoms with van der Waals surface area (Å²) in [7, 11) is 0. The Morgan fingerprint density at radius 3 is 2.64 bits per heavy atom. The van der Waals surface area contributed by atoms with Crippen molar-refractivity contribution in [1.29, 1.82) is 0 Å². The normalized spacial score (nSPS) is 16.6. The fraction of sp³-hybridized carbons (Fsp3) is 0.667. The van der Waals surface area contributed by atoms with Crippen LogP contribution in [0, 0.1) is 0 Å². The molecule has 1 N–H and O–H groups in total. The third kappa shape index (κ3) is 5.80. The monoisotopic (exact) mass is 156 g/mol. The van der Waals surface area contributed by atoms with E-state index >= 15 is 0 Å². The van der Waals surface area contributed by atoms with Crippen LogP contribution in [0.1, 0.15) is 33.1 Å². The predicted molar refractivity (Wildman–Crippen MR) is 45.4 cm³/mol. The van der Waals surface area contributed by atoms with Gasteiger partial charge in [0.05, 0.1) is 5.60 Å². The van der Waals surface area contributed by atoms with Crippen molar-refractivity contribution in [3.05, 3.63) is 12.2 Å². The van der Waals surface area contributed by atoms with E-state index in [-0.39, 0.29) is 0 Å². The first-order chi connectivity index (χ1) is 5.12. The van der Waals surface area contributed by atoms with Crippen LogP contribution >= 0.6 is 0 Å². The molecule has 11 heavy (non-hydrogen) atoms. The molecule has 2 nitrogen and oxygen atoms in total. The zero-order chi connectivity index (χ0) is 8.74. The summed E-state index contributed by atoms with van der Waals surface area (Å²) in [5.41, 5.74) is -0.738. The van der Waals surface area contributed by atoms with Crippen LogP contribution in [-0.2, 0) is 4.79 Å². The van der Waals surface area contributed by atoms with Gasteiger partial charge in [-0.1, -0.05) is 25.5 Å². The number of carbonyl (C=O) groups excluding carboxylic acids is 1. The topological polar surface area (TPSA) is 37.3 Å². The fourth-order valence-corrected chi connectivity index (χ4v) is 0.967. The van der Waals surface area contributed by atoms with Crippen molar-refractivity contribution in [1.82, 2.24) is 0 Å². The maximum atomic E-state index is 9.92. The van der Waals surface area contributed by atoms with Crippen LogP contribution in [0.15, 0.2) is 12.2 Å². The Bertz CT molecular complexity index is 136. The number of aliphatic hydroxyl groups is 1. The van der Waals surface area contributed by atoms with Gasteiger partial charge in [0.25, 0.3) is 0 Å². The average Bonchev–Trinajstić information content (AvgIpc) is 1.87. The van der Waals surface area contributed by atoms with Crippen molar-refractivity contribution >= 4 is 6.29 Å². The summed E-state index contributed by atoms with van der Waals surface area (Å²) >= 11 is 0. The third-order valence-corrected chi connectivity index (χ3v) is 1.47. The number of aldehydes is 1. The highest BCUT2D eigenvalue weighted by atomic mass is 16.3. The van der Waals surface area contributed by atoms with Gasteiger partial charge in [0, 0.05) is 6.42 Å². The van der Waals surface area contributed by atoms with Crippen LogP contribution < -0.4 is 0 Å². The number of allylic oxidation sites excluding steroid dienone is 1. The summed E-state index contributed by atoms with van der Waals surface area (Å²) in [4.78, 5) is 9.92. The molecule has 2 heteroatoms. The lowest BCUT2D eigenvalue weighted by Gasteiger charge is -2.16. The quantitative estimate of drug-likeness (QED) is 0.485. The fourth-order valence-electron chi connectivity index (χ4n) is 0.967. The molecule has 0 bridgehead atoms. The molecule has 0 aromatic rings. The molecular weight excluding hydrogens is 140 g/mol. The molecule has 0 spiro atoms. The molecule has 0 fully saturated rings.